The number of phenols is 1. The Morgan fingerprint density at radius 1 is 1.40 bits per heavy atom. The highest BCUT2D eigenvalue weighted by atomic mass is 35.5. The monoisotopic (exact) mass is 245 g/mol. The number of rotatable bonds is 3. The lowest BCUT2D eigenvalue weighted by molar-refractivity contribution is -0.117. The van der Waals surface area contributed by atoms with Crippen molar-refractivity contribution in [1.29, 1.82) is 0 Å². The summed E-state index contributed by atoms with van der Waals surface area (Å²) in [5.41, 5.74) is 5.59. The molecule has 5 heteroatoms. The number of halogens is 2. The van der Waals surface area contributed by atoms with Gasteiger partial charge in [-0.3, -0.25) is 4.79 Å². The minimum absolute atomic E-state index is 0.0753. The average molecular weight is 246 g/mol. The molecule has 0 aliphatic rings. The van der Waals surface area contributed by atoms with Crippen LogP contribution in [-0.2, 0) is 4.79 Å². The van der Waals surface area contributed by atoms with Crippen LogP contribution in [0.2, 0.25) is 10.0 Å². The molecule has 0 bridgehead atoms. The summed E-state index contributed by atoms with van der Waals surface area (Å²) in [5.74, 6) is -0.499. The first-order valence-electron chi connectivity index (χ1n) is 4.13. The van der Waals surface area contributed by atoms with E-state index in [-0.39, 0.29) is 17.2 Å². The molecule has 0 spiro atoms. The molecule has 0 saturated heterocycles. The van der Waals surface area contributed by atoms with E-state index in [0.717, 1.165) is 0 Å². The van der Waals surface area contributed by atoms with Crippen molar-refractivity contribution in [3.8, 4) is 5.75 Å². The normalized spacial score (nSPS) is 10.8. The quantitative estimate of drug-likeness (QED) is 0.860. The van der Waals surface area contributed by atoms with E-state index < -0.39 is 5.91 Å². The molecule has 80 valence electrons. The van der Waals surface area contributed by atoms with E-state index in [0.29, 0.717) is 10.6 Å². The Labute approximate surface area is 97.1 Å². The number of hydrogen-bond acceptors (Lipinski definition) is 2. The minimum atomic E-state index is -0.424. The van der Waals surface area contributed by atoms with Crippen molar-refractivity contribution in [3.63, 3.8) is 0 Å². The van der Waals surface area contributed by atoms with E-state index in [2.05, 4.69) is 0 Å². The van der Waals surface area contributed by atoms with Crippen LogP contribution in [0.5, 0.6) is 5.75 Å². The van der Waals surface area contributed by atoms with Gasteiger partial charge in [0, 0.05) is 12.5 Å². The van der Waals surface area contributed by atoms with Crippen molar-refractivity contribution < 1.29 is 9.90 Å². The van der Waals surface area contributed by atoms with Gasteiger partial charge >= 0.3 is 0 Å². The number of aromatic hydroxyl groups is 1. The van der Waals surface area contributed by atoms with Crippen LogP contribution >= 0.6 is 23.2 Å². The van der Waals surface area contributed by atoms with Crippen LogP contribution in [0.15, 0.2) is 18.2 Å². The standard InChI is InChI=1S/C10H9Cl2NO2/c11-7-5-9(14)8(12)4-6(7)2-1-3-10(13)15/h1-2,4-5,14H,3H2,(H2,13,15). The van der Waals surface area contributed by atoms with Gasteiger partial charge in [-0.25, -0.2) is 0 Å². The van der Waals surface area contributed by atoms with Gasteiger partial charge in [0.1, 0.15) is 5.75 Å². The second-order valence-electron chi connectivity index (χ2n) is 2.90. The second kappa shape index (κ2) is 5.05. The van der Waals surface area contributed by atoms with Crippen molar-refractivity contribution in [2.45, 2.75) is 6.42 Å². The Balaban J connectivity index is 2.90. The number of benzene rings is 1. The van der Waals surface area contributed by atoms with Gasteiger partial charge in [0.25, 0.3) is 0 Å². The number of hydrogen-bond donors (Lipinski definition) is 2. The maximum absolute atomic E-state index is 10.5. The maximum Gasteiger partial charge on any atom is 0.221 e. The summed E-state index contributed by atoms with van der Waals surface area (Å²) >= 11 is 11.5. The first kappa shape index (κ1) is 11.9. The molecule has 3 nitrogen and oxygen atoms in total. The number of phenolic OH excluding ortho intramolecular Hbond substituents is 1. The molecule has 0 heterocycles. The van der Waals surface area contributed by atoms with Crippen LogP contribution < -0.4 is 5.73 Å². The van der Waals surface area contributed by atoms with Crippen molar-refractivity contribution in [3.05, 3.63) is 33.8 Å². The van der Waals surface area contributed by atoms with Crippen LogP contribution in [0.3, 0.4) is 0 Å². The van der Waals surface area contributed by atoms with Gasteiger partial charge in [-0.2, -0.15) is 0 Å². The SMILES string of the molecule is NC(=O)CC=Cc1cc(Cl)c(O)cc1Cl. The molecule has 1 amide bonds. The van der Waals surface area contributed by atoms with Crippen molar-refractivity contribution in [2.75, 3.05) is 0 Å². The Hall–Kier alpha value is -1.19. The van der Waals surface area contributed by atoms with E-state index in [4.69, 9.17) is 28.9 Å². The fraction of sp³-hybridized carbons (Fsp3) is 0.100. The summed E-state index contributed by atoms with van der Waals surface area (Å²) in [5, 5.41) is 9.79. The number of carbonyl (C=O) groups is 1. The lowest BCUT2D eigenvalue weighted by Gasteiger charge is -2.01. The van der Waals surface area contributed by atoms with Crippen LogP contribution in [0.1, 0.15) is 12.0 Å². The maximum atomic E-state index is 10.5. The number of primary amides is 1. The summed E-state index contributed by atoms with van der Waals surface area (Å²) < 4.78 is 0. The Morgan fingerprint density at radius 3 is 2.67 bits per heavy atom. The second-order valence-corrected chi connectivity index (χ2v) is 3.71. The molecule has 1 aromatic carbocycles. The molecule has 1 rings (SSSR count). The summed E-state index contributed by atoms with van der Waals surface area (Å²) in [7, 11) is 0. The van der Waals surface area contributed by atoms with Crippen molar-refractivity contribution in [2.24, 2.45) is 5.73 Å². The van der Waals surface area contributed by atoms with Crippen LogP contribution in [0.25, 0.3) is 6.08 Å². The predicted octanol–water partition coefficient (Wildman–Crippen LogP) is 2.59. The number of carbonyl (C=O) groups excluding carboxylic acids is 1. The van der Waals surface area contributed by atoms with Gasteiger partial charge in [-0.1, -0.05) is 35.4 Å². The topological polar surface area (TPSA) is 63.3 Å². The smallest absolute Gasteiger partial charge is 0.221 e. The first-order valence-corrected chi connectivity index (χ1v) is 4.89. The number of amides is 1. The largest absolute Gasteiger partial charge is 0.506 e. The van der Waals surface area contributed by atoms with E-state index in [1.165, 1.54) is 12.1 Å². The van der Waals surface area contributed by atoms with E-state index in [9.17, 15) is 9.90 Å². The summed E-state index contributed by atoms with van der Waals surface area (Å²) in [6, 6.07) is 2.85. The third-order valence-corrected chi connectivity index (χ3v) is 2.31. The Bertz CT molecular complexity index is 416. The molecule has 0 aliphatic heterocycles. The summed E-state index contributed by atoms with van der Waals surface area (Å²) in [4.78, 5) is 10.5. The van der Waals surface area contributed by atoms with Gasteiger partial charge < -0.3 is 10.8 Å². The van der Waals surface area contributed by atoms with Gasteiger partial charge in [-0.05, 0) is 11.6 Å². The van der Waals surface area contributed by atoms with Crippen LogP contribution in [-0.4, -0.2) is 11.0 Å². The third kappa shape index (κ3) is 3.46. The highest BCUT2D eigenvalue weighted by Gasteiger charge is 2.03. The molecule has 1 aromatic rings. The van der Waals surface area contributed by atoms with Gasteiger partial charge in [0.05, 0.1) is 10.0 Å². The predicted molar refractivity (Wildman–Crippen MR) is 61.0 cm³/mol. The van der Waals surface area contributed by atoms with Crippen molar-refractivity contribution in [1.82, 2.24) is 0 Å². The van der Waals surface area contributed by atoms with Crippen LogP contribution in [0.4, 0.5) is 0 Å². The van der Waals surface area contributed by atoms with E-state index in [1.54, 1.807) is 12.2 Å². The van der Waals surface area contributed by atoms with Gasteiger partial charge in [0.15, 0.2) is 0 Å². The van der Waals surface area contributed by atoms with E-state index >= 15 is 0 Å². The molecular weight excluding hydrogens is 237 g/mol. The molecular formula is C10H9Cl2NO2. The van der Waals surface area contributed by atoms with Crippen molar-refractivity contribution >= 4 is 35.2 Å². The zero-order chi connectivity index (χ0) is 11.4. The molecule has 0 atom stereocenters. The van der Waals surface area contributed by atoms with E-state index in [1.807, 2.05) is 0 Å². The fourth-order valence-corrected chi connectivity index (χ4v) is 1.37. The molecule has 3 N–H and O–H groups in total. The molecule has 0 unspecified atom stereocenters. The Kier molecular flexibility index (Phi) is 4.00. The molecule has 0 radical (unpaired) electrons. The average Bonchev–Trinajstić information content (AvgIpc) is 2.13. The minimum Gasteiger partial charge on any atom is -0.506 e. The fourth-order valence-electron chi connectivity index (χ4n) is 0.981. The lowest BCUT2D eigenvalue weighted by atomic mass is 10.2. The molecule has 0 fully saturated rings. The highest BCUT2D eigenvalue weighted by Crippen LogP contribution is 2.30. The highest BCUT2D eigenvalue weighted by molar-refractivity contribution is 6.35. The molecule has 0 saturated carbocycles. The van der Waals surface area contributed by atoms with Gasteiger partial charge in [0.2, 0.25) is 5.91 Å². The molecule has 0 aromatic heterocycles. The first-order chi connectivity index (χ1) is 7.00. The Morgan fingerprint density at radius 2 is 2.07 bits per heavy atom. The molecule has 15 heavy (non-hydrogen) atoms. The summed E-state index contributed by atoms with van der Waals surface area (Å²) in [6.45, 7) is 0. The van der Waals surface area contributed by atoms with Crippen LogP contribution in [0, 0.1) is 0 Å². The van der Waals surface area contributed by atoms with Gasteiger partial charge in [-0.15, -0.1) is 0 Å². The zero-order valence-corrected chi connectivity index (χ0v) is 9.22. The third-order valence-electron chi connectivity index (χ3n) is 1.68. The zero-order valence-electron chi connectivity index (χ0n) is 7.71. The summed E-state index contributed by atoms with van der Waals surface area (Å²) in [6.07, 6.45) is 3.34. The molecule has 0 aliphatic carbocycles. The lowest BCUT2D eigenvalue weighted by Crippen LogP contribution is -2.07. The number of nitrogens with two attached hydrogens (primary N) is 1.